The topological polar surface area (TPSA) is 84.6 Å². The molecular weight excluding hydrogens is 404 g/mol. The van der Waals surface area contributed by atoms with E-state index in [2.05, 4.69) is 0 Å². The highest BCUT2D eigenvalue weighted by Gasteiger charge is 2.18. The van der Waals surface area contributed by atoms with Crippen LogP contribution in [0.5, 0.6) is 11.5 Å². The molecule has 1 aromatic heterocycles. The van der Waals surface area contributed by atoms with Crippen molar-refractivity contribution in [2.24, 2.45) is 0 Å². The Labute approximate surface area is 186 Å². The number of ether oxygens (including phenoxy) is 1. The number of hydrogen-bond acceptors (Lipinski definition) is 4. The summed E-state index contributed by atoms with van der Waals surface area (Å²) in [5.74, 6) is 0.581. The molecule has 0 saturated heterocycles. The molecule has 4 aromatic rings. The lowest BCUT2D eigenvalue weighted by atomic mass is 10.2. The Morgan fingerprint density at radius 1 is 1.00 bits per heavy atom. The molecule has 0 bridgehead atoms. The smallest absolute Gasteiger partial charge is 0.303 e. The number of imidazole rings is 1. The summed E-state index contributed by atoms with van der Waals surface area (Å²) in [6, 6.07) is 21.5. The molecule has 0 aliphatic carbocycles. The van der Waals surface area contributed by atoms with Crippen molar-refractivity contribution in [1.29, 1.82) is 0 Å². The highest BCUT2D eigenvalue weighted by molar-refractivity contribution is 5.89. The molecule has 0 radical (unpaired) electrons. The van der Waals surface area contributed by atoms with E-state index in [1.54, 1.807) is 6.07 Å². The minimum atomic E-state index is -0.778. The Balaban J connectivity index is 1.69. The number of aliphatic carboxylic acids is 1. The van der Waals surface area contributed by atoms with Crippen LogP contribution in [0, 0.1) is 6.92 Å². The quantitative estimate of drug-likeness (QED) is 0.331. The number of aromatic hydroxyl groups is 1. The van der Waals surface area contributed by atoms with E-state index in [0.29, 0.717) is 24.3 Å². The first-order valence-electron chi connectivity index (χ1n) is 10.8. The van der Waals surface area contributed by atoms with Crippen molar-refractivity contribution in [2.75, 3.05) is 6.61 Å². The van der Waals surface area contributed by atoms with Gasteiger partial charge < -0.3 is 14.9 Å². The van der Waals surface area contributed by atoms with Crippen LogP contribution in [0.15, 0.2) is 66.7 Å². The second kappa shape index (κ2) is 9.56. The standard InChI is InChI=1S/C26H26N2O4/c1-18-11-13-20(14-12-18)28-22-16-21(32-15-7-3-6-10-24(30)31)17-23(29)25(22)27-26(28)19-8-4-2-5-9-19/h2,4-5,8-9,11-14,16-17,29H,3,6-7,10,15H2,1H3,(H,30,31). The van der Waals surface area contributed by atoms with Crippen LogP contribution in [0.3, 0.4) is 0 Å². The summed E-state index contributed by atoms with van der Waals surface area (Å²) in [7, 11) is 0. The number of unbranched alkanes of at least 4 members (excludes halogenated alkanes) is 2. The fraction of sp³-hybridized carbons (Fsp3) is 0.231. The maximum Gasteiger partial charge on any atom is 0.303 e. The molecule has 0 aliphatic rings. The second-order valence-corrected chi connectivity index (χ2v) is 7.84. The fourth-order valence-electron chi connectivity index (χ4n) is 3.70. The van der Waals surface area contributed by atoms with Gasteiger partial charge in [-0.3, -0.25) is 9.36 Å². The van der Waals surface area contributed by atoms with Crippen molar-refractivity contribution >= 4 is 17.0 Å². The summed E-state index contributed by atoms with van der Waals surface area (Å²) < 4.78 is 7.91. The van der Waals surface area contributed by atoms with Gasteiger partial charge in [-0.2, -0.15) is 0 Å². The van der Waals surface area contributed by atoms with E-state index < -0.39 is 5.97 Å². The van der Waals surface area contributed by atoms with E-state index in [-0.39, 0.29) is 12.2 Å². The SMILES string of the molecule is Cc1ccc(-n2c(-c3ccccc3)nc3c(O)cc(OCCCCCC(=O)O)cc32)cc1. The van der Waals surface area contributed by atoms with Gasteiger partial charge in [-0.05, 0) is 38.3 Å². The van der Waals surface area contributed by atoms with Crippen molar-refractivity contribution in [3.05, 3.63) is 72.3 Å². The van der Waals surface area contributed by atoms with E-state index in [1.165, 1.54) is 0 Å². The van der Waals surface area contributed by atoms with Crippen molar-refractivity contribution in [2.45, 2.75) is 32.6 Å². The van der Waals surface area contributed by atoms with Crippen LogP contribution in [0.4, 0.5) is 0 Å². The Morgan fingerprint density at radius 2 is 1.75 bits per heavy atom. The van der Waals surface area contributed by atoms with Gasteiger partial charge in [-0.25, -0.2) is 4.98 Å². The summed E-state index contributed by atoms with van der Waals surface area (Å²) in [4.78, 5) is 15.4. The first-order valence-corrected chi connectivity index (χ1v) is 10.8. The number of nitrogens with zero attached hydrogens (tertiary/aromatic N) is 2. The number of phenolic OH excluding ortho intramolecular Hbond substituents is 1. The monoisotopic (exact) mass is 430 g/mol. The van der Waals surface area contributed by atoms with Crippen molar-refractivity contribution in [3.8, 4) is 28.6 Å². The molecule has 2 N–H and O–H groups in total. The van der Waals surface area contributed by atoms with E-state index in [1.807, 2.05) is 72.2 Å². The minimum Gasteiger partial charge on any atom is -0.505 e. The zero-order valence-corrected chi connectivity index (χ0v) is 18.0. The van der Waals surface area contributed by atoms with Gasteiger partial charge in [0.2, 0.25) is 0 Å². The Bertz CT molecular complexity index is 1210. The van der Waals surface area contributed by atoms with Crippen LogP contribution in [0.2, 0.25) is 0 Å². The molecule has 0 unspecified atom stereocenters. The number of fused-ring (bicyclic) bond motifs is 1. The molecule has 1 heterocycles. The largest absolute Gasteiger partial charge is 0.505 e. The number of carboxylic acid groups (broad SMARTS) is 1. The first-order chi connectivity index (χ1) is 15.5. The predicted octanol–water partition coefficient (Wildman–Crippen LogP) is 5.73. The fourth-order valence-corrected chi connectivity index (χ4v) is 3.70. The molecule has 0 aliphatic heterocycles. The van der Waals surface area contributed by atoms with Crippen molar-refractivity contribution < 1.29 is 19.7 Å². The number of benzene rings is 3. The molecule has 0 fully saturated rings. The third-order valence-corrected chi connectivity index (χ3v) is 5.34. The number of carboxylic acids is 1. The van der Waals surface area contributed by atoms with Crippen LogP contribution < -0.4 is 4.74 Å². The van der Waals surface area contributed by atoms with E-state index in [4.69, 9.17) is 14.8 Å². The molecule has 3 aromatic carbocycles. The Morgan fingerprint density at radius 3 is 2.47 bits per heavy atom. The number of hydrogen-bond donors (Lipinski definition) is 2. The van der Waals surface area contributed by atoms with Gasteiger partial charge in [0.05, 0.1) is 12.1 Å². The Hall–Kier alpha value is -3.80. The van der Waals surface area contributed by atoms with Crippen molar-refractivity contribution in [1.82, 2.24) is 9.55 Å². The van der Waals surface area contributed by atoms with Crippen LogP contribution in [-0.2, 0) is 4.79 Å². The van der Waals surface area contributed by atoms with Gasteiger partial charge in [0, 0.05) is 29.8 Å². The van der Waals surface area contributed by atoms with Gasteiger partial charge in [0.1, 0.15) is 22.8 Å². The summed E-state index contributed by atoms with van der Waals surface area (Å²) in [5.41, 5.74) is 4.33. The van der Waals surface area contributed by atoms with Crippen LogP contribution >= 0.6 is 0 Å². The average molecular weight is 431 g/mol. The lowest BCUT2D eigenvalue weighted by Gasteiger charge is -2.11. The molecule has 0 atom stereocenters. The average Bonchev–Trinajstić information content (AvgIpc) is 3.17. The van der Waals surface area contributed by atoms with E-state index >= 15 is 0 Å². The zero-order valence-electron chi connectivity index (χ0n) is 18.0. The maximum absolute atomic E-state index is 10.7. The molecule has 0 spiro atoms. The lowest BCUT2D eigenvalue weighted by Crippen LogP contribution is -2.00. The molecule has 164 valence electrons. The summed E-state index contributed by atoms with van der Waals surface area (Å²) >= 11 is 0. The van der Waals surface area contributed by atoms with E-state index in [0.717, 1.165) is 41.0 Å². The molecule has 32 heavy (non-hydrogen) atoms. The summed E-state index contributed by atoms with van der Waals surface area (Å²) in [5, 5.41) is 19.4. The minimum absolute atomic E-state index is 0.0615. The lowest BCUT2D eigenvalue weighted by molar-refractivity contribution is -0.137. The molecule has 6 nitrogen and oxygen atoms in total. The third kappa shape index (κ3) is 4.75. The van der Waals surface area contributed by atoms with Crippen LogP contribution in [0.1, 0.15) is 31.2 Å². The number of aryl methyl sites for hydroxylation is 1. The number of carbonyl (C=O) groups is 1. The first kappa shape index (κ1) is 21.4. The second-order valence-electron chi connectivity index (χ2n) is 7.84. The highest BCUT2D eigenvalue weighted by atomic mass is 16.5. The van der Waals surface area contributed by atoms with Crippen LogP contribution in [-0.4, -0.2) is 32.3 Å². The van der Waals surface area contributed by atoms with Gasteiger partial charge >= 0.3 is 5.97 Å². The highest BCUT2D eigenvalue weighted by Crippen LogP contribution is 2.36. The van der Waals surface area contributed by atoms with Crippen LogP contribution in [0.25, 0.3) is 28.1 Å². The van der Waals surface area contributed by atoms with Gasteiger partial charge in [0.15, 0.2) is 0 Å². The zero-order chi connectivity index (χ0) is 22.5. The molecular formula is C26H26N2O4. The molecule has 6 heteroatoms. The summed E-state index contributed by atoms with van der Waals surface area (Å²) in [6.07, 6.45) is 2.33. The van der Waals surface area contributed by atoms with E-state index in [9.17, 15) is 9.90 Å². The number of aromatic nitrogens is 2. The van der Waals surface area contributed by atoms with Crippen molar-refractivity contribution in [3.63, 3.8) is 0 Å². The predicted molar refractivity (Wildman–Crippen MR) is 125 cm³/mol. The maximum atomic E-state index is 10.7. The Kier molecular flexibility index (Phi) is 6.40. The molecule has 4 rings (SSSR count). The van der Waals surface area contributed by atoms with Gasteiger partial charge in [0.25, 0.3) is 0 Å². The van der Waals surface area contributed by atoms with Gasteiger partial charge in [-0.15, -0.1) is 0 Å². The normalized spacial score (nSPS) is 11.0. The summed E-state index contributed by atoms with van der Waals surface area (Å²) in [6.45, 7) is 2.50. The number of rotatable bonds is 9. The molecule has 0 saturated carbocycles. The van der Waals surface area contributed by atoms with Gasteiger partial charge in [-0.1, -0.05) is 48.0 Å². The molecule has 0 amide bonds. The third-order valence-electron chi connectivity index (χ3n) is 5.34. The number of phenols is 1.